The summed E-state index contributed by atoms with van der Waals surface area (Å²) in [6, 6.07) is 44.3. The van der Waals surface area contributed by atoms with Crippen LogP contribution in [0.15, 0.2) is 164 Å². The molecule has 0 spiro atoms. The summed E-state index contributed by atoms with van der Waals surface area (Å²) in [7, 11) is 0. The van der Waals surface area contributed by atoms with Gasteiger partial charge in [0.05, 0.1) is 101 Å². The Kier molecular flexibility index (Phi) is 29.8. The molecule has 41 heteroatoms. The molecule has 0 radical (unpaired) electrons. The lowest BCUT2D eigenvalue weighted by atomic mass is 10.0. The largest absolute Gasteiger partial charge is 0.493 e. The summed E-state index contributed by atoms with van der Waals surface area (Å²) < 4.78 is 187. The number of amides is 5. The van der Waals surface area contributed by atoms with Gasteiger partial charge in [-0.05, 0) is 348 Å². The monoisotopic (exact) mass is 2040 g/mol. The summed E-state index contributed by atoms with van der Waals surface area (Å²) in [6.07, 6.45) is -11.4. The van der Waals surface area contributed by atoms with Crippen LogP contribution in [-0.2, 0) is 61.4 Å². The Morgan fingerprint density at radius 1 is 0.451 bits per heavy atom. The highest BCUT2D eigenvalue weighted by Gasteiger charge is 2.56. The van der Waals surface area contributed by atoms with Gasteiger partial charge in [0.1, 0.15) is 77.0 Å². The van der Waals surface area contributed by atoms with E-state index in [0.29, 0.717) is 103 Å². The van der Waals surface area contributed by atoms with Crippen molar-refractivity contribution in [1.29, 1.82) is 15.8 Å². The predicted octanol–water partition coefficient (Wildman–Crippen LogP) is 21.4. The van der Waals surface area contributed by atoms with Gasteiger partial charge in [0, 0.05) is 34.5 Å². The SMILES string of the molecule is CC1(C)C(=O)N(c2ccc(C#N)c(C(F)(F)F)c2)C(=S)N1c1ccc(OCC2CC2)cc1.CC1(C)OC[C@@H](COc2ccc(N3C(=S)N(c4ccc(C#N)c(C(F)(F)F)c4)C(=O)C3(C)C)cc2)O1.CC1(C)OC[C@H](COc2ccc(N3C(=S)N(c4ccc(C#N)c(C(F)(F)F)c4)C(=O)C3(C)C)cc2)O1.[C-]#[N+]c1ccc(N2C(=O)C(C)(C)N(c3ccc(OCC4(NC(=O)OC(C)(C)C)CC4)c(F)c3)C2=S)cc1C. The van der Waals surface area contributed by atoms with Crippen LogP contribution in [0.3, 0.4) is 0 Å². The quantitative estimate of drug-likeness (QED) is 0.0397. The number of hydrogen-bond donors (Lipinski definition) is 1. The lowest BCUT2D eigenvalue weighted by Crippen LogP contribution is -2.44. The van der Waals surface area contributed by atoms with Gasteiger partial charge in [-0.1, -0.05) is 6.07 Å². The smallest absolute Gasteiger partial charge is 0.417 e. The lowest BCUT2D eigenvalue weighted by molar-refractivity contribution is -0.141. The first-order valence-corrected chi connectivity index (χ1v) is 46.2. The van der Waals surface area contributed by atoms with Crippen LogP contribution >= 0.6 is 48.9 Å². The fourth-order valence-corrected chi connectivity index (χ4v) is 18.4. The number of nitriles is 3. The van der Waals surface area contributed by atoms with E-state index >= 15 is 4.39 Å². The standard InChI is InChI=1S/C28H31FN4O4S.2C25H24F3N3O4S.C23H20F3N3O2S/c1-17-14-18(8-10-21(17)30-7)32-23(34)27(5,6)33(25(32)38)19-9-11-22(20(29)15-19)36-16-28(12-13-28)31-24(35)37-26(2,3)4;2*1-23(2)21(32)30(17-6-5-15(12-29)20(11-17)25(26,27)28)22(36)31(23)16-7-9-18(10-8-16)33-13-19-14-34-24(3,4)35-19;1-22(2)20(30)28(17-6-5-15(12-27)19(11-17)23(24,25)26)21(32)29(22)16-7-9-18(10-8-16)31-13-14-3-4-14/h8-11,14-15H,12-13,16H2,1-6H3,(H,31,35);2*5-11,19H,13-14H2,1-4H3;5-11,14H,3-4,13H2,1-2H3/t;2*19-;/m.10./s1. The zero-order chi connectivity index (χ0) is 104. The number of carbonyl (C=O) groups is 5. The minimum absolute atomic E-state index is 0.0234. The maximum absolute atomic E-state index is 15.2. The Morgan fingerprint density at radius 2 is 0.761 bits per heavy atom. The van der Waals surface area contributed by atoms with Crippen molar-refractivity contribution in [2.75, 3.05) is 78.8 Å². The van der Waals surface area contributed by atoms with E-state index in [1.807, 2.05) is 27.7 Å². The van der Waals surface area contributed by atoms with Crippen LogP contribution in [0.4, 0.5) is 99.9 Å². The van der Waals surface area contributed by atoms with Crippen LogP contribution in [-0.4, -0.2) is 147 Å². The number of alkyl carbamates (subject to hydrolysis) is 1. The van der Waals surface area contributed by atoms with Gasteiger partial charge < -0.3 is 67.5 Å². The molecule has 2 aliphatic carbocycles. The summed E-state index contributed by atoms with van der Waals surface area (Å²) in [5, 5.41) is 30.3. The summed E-state index contributed by atoms with van der Waals surface area (Å²) in [5.74, 6) is -1.14. The van der Waals surface area contributed by atoms with Gasteiger partial charge in [0.25, 0.3) is 23.6 Å². The van der Waals surface area contributed by atoms with Crippen LogP contribution in [0.1, 0.15) is 168 Å². The number of rotatable bonds is 21. The summed E-state index contributed by atoms with van der Waals surface area (Å²) >= 11 is 22.3. The van der Waals surface area contributed by atoms with Crippen molar-refractivity contribution in [1.82, 2.24) is 5.32 Å². The number of thiocarbonyl (C=S) groups is 4. The van der Waals surface area contributed by atoms with Gasteiger partial charge in [-0.2, -0.15) is 55.3 Å². The highest BCUT2D eigenvalue weighted by atomic mass is 32.1. The number of anilines is 8. The zero-order valence-corrected chi connectivity index (χ0v) is 83.2. The molecular formula is C101H99F10N13O14S4. The van der Waals surface area contributed by atoms with Crippen molar-refractivity contribution in [2.45, 2.75) is 212 Å². The first kappa shape index (κ1) is 106. The summed E-state index contributed by atoms with van der Waals surface area (Å²) in [6.45, 7) is 37.2. The Hall–Kier alpha value is -13.2. The molecule has 0 bridgehead atoms. The van der Waals surface area contributed by atoms with Crippen molar-refractivity contribution in [3.05, 3.63) is 220 Å². The van der Waals surface area contributed by atoms with E-state index < -0.39 is 126 Å². The number of aryl methyl sites for hydroxylation is 1. The topological polar surface area (TPSA) is 282 Å². The molecule has 6 aliphatic heterocycles. The maximum atomic E-state index is 15.2. The van der Waals surface area contributed by atoms with Crippen LogP contribution in [0.5, 0.6) is 23.0 Å². The molecule has 16 rings (SSSR count). The molecule has 142 heavy (non-hydrogen) atoms. The van der Waals surface area contributed by atoms with Crippen LogP contribution in [0.25, 0.3) is 4.85 Å². The number of nitrogens with one attached hydrogen (secondary N) is 1. The molecule has 27 nitrogen and oxygen atoms in total. The molecule has 2 saturated carbocycles. The van der Waals surface area contributed by atoms with E-state index in [1.54, 1.807) is 206 Å². The number of nitrogens with zero attached hydrogens (tertiary/aromatic N) is 12. The second-order valence-corrected chi connectivity index (χ2v) is 39.9. The van der Waals surface area contributed by atoms with Crippen molar-refractivity contribution in [2.24, 2.45) is 5.92 Å². The zero-order valence-electron chi connectivity index (χ0n) is 79.9. The van der Waals surface area contributed by atoms with Crippen LogP contribution in [0, 0.1) is 59.2 Å². The Morgan fingerprint density at radius 3 is 1.04 bits per heavy atom. The van der Waals surface area contributed by atoms with E-state index in [0.717, 1.165) is 56.7 Å². The van der Waals surface area contributed by atoms with E-state index in [1.165, 1.54) is 60.2 Å². The molecule has 0 aromatic heterocycles. The number of alkyl halides is 9. The van der Waals surface area contributed by atoms with E-state index in [4.69, 9.17) is 114 Å². The van der Waals surface area contributed by atoms with Gasteiger partial charge in [0.15, 0.2) is 49.3 Å². The number of hydrogen-bond acceptors (Lipinski definition) is 21. The maximum Gasteiger partial charge on any atom is 0.417 e. The molecule has 6 saturated heterocycles. The van der Waals surface area contributed by atoms with Crippen molar-refractivity contribution in [3.63, 3.8) is 0 Å². The van der Waals surface area contributed by atoms with E-state index in [9.17, 15) is 63.5 Å². The third-order valence-corrected chi connectivity index (χ3v) is 25.5. The average Bonchev–Trinajstić information content (AvgIpc) is 1.59. The number of carbonyl (C=O) groups excluding carboxylic acids is 5. The fourth-order valence-electron chi connectivity index (χ4n) is 16.3. The molecule has 8 aliphatic rings. The normalized spacial score (nSPS) is 19.5. The molecule has 8 aromatic rings. The molecular weight excluding hydrogens is 1940 g/mol. The number of ether oxygens (including phenoxy) is 9. The summed E-state index contributed by atoms with van der Waals surface area (Å²) in [5.41, 5.74) is -6.92. The van der Waals surface area contributed by atoms with Gasteiger partial charge in [-0.3, -0.25) is 38.8 Å². The third-order valence-electron chi connectivity index (χ3n) is 24.1. The number of halogens is 10. The average molecular weight is 2040 g/mol. The second-order valence-electron chi connectivity index (χ2n) is 38.4. The minimum atomic E-state index is -4.76. The molecule has 2 atom stereocenters. The van der Waals surface area contributed by atoms with Gasteiger partial charge in [0.2, 0.25) is 0 Å². The Labute approximate surface area is 834 Å². The van der Waals surface area contributed by atoms with Crippen molar-refractivity contribution < 1.29 is 111 Å². The minimum Gasteiger partial charge on any atom is -0.493 e. The molecule has 1 N–H and O–H groups in total. The Balaban J connectivity index is 0.000000159. The fraction of sp³-hybridized carbons (Fsp3) is 0.396. The van der Waals surface area contributed by atoms with E-state index in [2.05, 4.69) is 10.2 Å². The highest BCUT2D eigenvalue weighted by molar-refractivity contribution is 7.81. The molecule has 0 unspecified atom stereocenters. The van der Waals surface area contributed by atoms with Gasteiger partial charge in [-0.15, -0.1) is 0 Å². The molecule has 5 amide bonds. The van der Waals surface area contributed by atoms with Crippen molar-refractivity contribution in [3.8, 4) is 41.2 Å². The van der Waals surface area contributed by atoms with Gasteiger partial charge >= 0.3 is 24.6 Å². The molecule has 6 heterocycles. The van der Waals surface area contributed by atoms with Gasteiger partial charge in [-0.25, -0.2) is 14.0 Å². The van der Waals surface area contributed by atoms with Crippen molar-refractivity contribution >= 4 is 150 Å². The lowest BCUT2D eigenvalue weighted by Gasteiger charge is -2.29. The molecule has 8 fully saturated rings. The molecule has 746 valence electrons. The van der Waals surface area contributed by atoms with E-state index in [-0.39, 0.29) is 68.0 Å². The molecule has 8 aromatic carbocycles. The highest BCUT2D eigenvalue weighted by Crippen LogP contribution is 2.48. The predicted molar refractivity (Wildman–Crippen MR) is 524 cm³/mol. The van der Waals surface area contributed by atoms with Crippen LogP contribution < -0.4 is 63.5 Å². The summed E-state index contributed by atoms with van der Waals surface area (Å²) in [4.78, 5) is 79.9. The first-order valence-electron chi connectivity index (χ1n) is 44.5. The second kappa shape index (κ2) is 39.9. The van der Waals surface area contributed by atoms with Crippen LogP contribution in [0.2, 0.25) is 0 Å². The Bertz CT molecular complexity index is 6300. The third kappa shape index (κ3) is 22.8. The first-order chi connectivity index (χ1) is 66.2. The number of benzene rings is 8.